The topological polar surface area (TPSA) is 72.5 Å². The fourth-order valence-electron chi connectivity index (χ4n) is 2.57. The molecule has 6 heteroatoms. The summed E-state index contributed by atoms with van der Waals surface area (Å²) in [6.07, 6.45) is 0.877. The van der Waals surface area contributed by atoms with Gasteiger partial charge in [-0.2, -0.15) is 0 Å². The zero-order valence-electron chi connectivity index (χ0n) is 13.2. The maximum atomic E-state index is 12.2. The standard InChI is InChI=1S/C18H17NO4S/c1-11-14-9-12(4-6-15(14)19-18(11)22)16(20)10-23-17(21)7-5-13-3-2-8-24-13/h2-4,6,8-9,11H,5,7,10H2,1H3,(H,19,22)/t11-/m1/s1. The third-order valence-corrected chi connectivity index (χ3v) is 4.95. The average Bonchev–Trinajstić information content (AvgIpc) is 3.19. The number of ether oxygens (including phenoxy) is 1. The van der Waals surface area contributed by atoms with Crippen LogP contribution in [0.4, 0.5) is 5.69 Å². The second-order valence-corrected chi connectivity index (χ2v) is 6.71. The number of benzene rings is 1. The normalized spacial score (nSPS) is 15.7. The molecule has 0 spiro atoms. The van der Waals surface area contributed by atoms with Crippen molar-refractivity contribution >= 4 is 34.7 Å². The van der Waals surface area contributed by atoms with Crippen LogP contribution in [0.3, 0.4) is 0 Å². The number of anilines is 1. The molecule has 0 unspecified atom stereocenters. The molecule has 2 aromatic rings. The number of carbonyl (C=O) groups excluding carboxylic acids is 3. The molecule has 0 saturated carbocycles. The van der Waals surface area contributed by atoms with E-state index in [1.54, 1.807) is 36.5 Å². The van der Waals surface area contributed by atoms with E-state index < -0.39 is 0 Å². The molecular formula is C18H17NO4S. The summed E-state index contributed by atoms with van der Waals surface area (Å²) < 4.78 is 5.06. The van der Waals surface area contributed by atoms with Gasteiger partial charge in [-0.3, -0.25) is 14.4 Å². The van der Waals surface area contributed by atoms with Crippen LogP contribution in [-0.4, -0.2) is 24.3 Å². The van der Waals surface area contributed by atoms with Crippen LogP contribution in [0, 0.1) is 0 Å². The highest BCUT2D eigenvalue weighted by molar-refractivity contribution is 7.09. The molecule has 1 aliphatic rings. The van der Waals surface area contributed by atoms with Crippen LogP contribution in [0.25, 0.3) is 0 Å². The molecule has 5 nitrogen and oxygen atoms in total. The molecule has 3 rings (SSSR count). The number of fused-ring (bicyclic) bond motifs is 1. The Morgan fingerprint density at radius 3 is 2.88 bits per heavy atom. The molecule has 24 heavy (non-hydrogen) atoms. The Morgan fingerprint density at radius 1 is 1.29 bits per heavy atom. The molecule has 1 atom stereocenters. The summed E-state index contributed by atoms with van der Waals surface area (Å²) in [6, 6.07) is 8.94. The van der Waals surface area contributed by atoms with Gasteiger partial charge in [0.25, 0.3) is 0 Å². The molecule has 124 valence electrons. The number of Topliss-reactive ketones (excluding diaryl/α,β-unsaturated/α-hetero) is 1. The lowest BCUT2D eigenvalue weighted by Gasteiger charge is -2.06. The SMILES string of the molecule is C[C@H]1C(=O)Nc2ccc(C(=O)COC(=O)CCc3cccs3)cc21. The van der Waals surface area contributed by atoms with Crippen molar-refractivity contribution in [2.24, 2.45) is 0 Å². The zero-order valence-corrected chi connectivity index (χ0v) is 14.0. The number of amides is 1. The first kappa shape index (κ1) is 16.4. The monoisotopic (exact) mass is 343 g/mol. The summed E-state index contributed by atoms with van der Waals surface area (Å²) in [5.41, 5.74) is 1.98. The highest BCUT2D eigenvalue weighted by Crippen LogP contribution is 2.32. The Morgan fingerprint density at radius 2 is 2.12 bits per heavy atom. The number of thiophene rings is 1. The summed E-state index contributed by atoms with van der Waals surface area (Å²) in [4.78, 5) is 36.7. The predicted octanol–water partition coefficient (Wildman–Crippen LogP) is 3.16. The maximum Gasteiger partial charge on any atom is 0.306 e. The number of hydrogen-bond acceptors (Lipinski definition) is 5. The van der Waals surface area contributed by atoms with Gasteiger partial charge in [0.05, 0.1) is 12.3 Å². The van der Waals surface area contributed by atoms with Gasteiger partial charge in [0, 0.05) is 16.1 Å². The Bertz CT molecular complexity index is 782. The van der Waals surface area contributed by atoms with E-state index in [2.05, 4.69) is 5.32 Å². The summed E-state index contributed by atoms with van der Waals surface area (Å²) in [5.74, 6) is -1.01. The molecule has 1 aliphatic heterocycles. The van der Waals surface area contributed by atoms with Crippen LogP contribution in [0.15, 0.2) is 35.7 Å². The van der Waals surface area contributed by atoms with E-state index in [9.17, 15) is 14.4 Å². The Balaban J connectivity index is 1.54. The van der Waals surface area contributed by atoms with Crippen molar-refractivity contribution in [2.45, 2.75) is 25.7 Å². The molecule has 0 radical (unpaired) electrons. The minimum atomic E-state index is -0.386. The minimum absolute atomic E-state index is 0.0744. The van der Waals surface area contributed by atoms with Crippen LogP contribution in [0.2, 0.25) is 0 Å². The van der Waals surface area contributed by atoms with E-state index in [1.807, 2.05) is 17.5 Å². The van der Waals surface area contributed by atoms with Gasteiger partial charge in [0.1, 0.15) is 0 Å². The van der Waals surface area contributed by atoms with Crippen molar-refractivity contribution in [1.29, 1.82) is 0 Å². The van der Waals surface area contributed by atoms with E-state index in [4.69, 9.17) is 4.74 Å². The van der Waals surface area contributed by atoms with Gasteiger partial charge in [0.2, 0.25) is 5.91 Å². The van der Waals surface area contributed by atoms with E-state index >= 15 is 0 Å². The molecular weight excluding hydrogens is 326 g/mol. The Kier molecular flexibility index (Phi) is 4.76. The number of carbonyl (C=O) groups is 3. The largest absolute Gasteiger partial charge is 0.457 e. The highest BCUT2D eigenvalue weighted by atomic mass is 32.1. The number of nitrogens with one attached hydrogen (secondary N) is 1. The second-order valence-electron chi connectivity index (χ2n) is 5.68. The van der Waals surface area contributed by atoms with Gasteiger partial charge < -0.3 is 10.1 Å². The van der Waals surface area contributed by atoms with Crippen LogP contribution >= 0.6 is 11.3 Å². The third kappa shape index (κ3) is 3.54. The Labute approximate surface area is 143 Å². The van der Waals surface area contributed by atoms with E-state index in [0.717, 1.165) is 16.1 Å². The van der Waals surface area contributed by atoms with Crippen LogP contribution in [0.5, 0.6) is 0 Å². The molecule has 1 amide bonds. The molecule has 0 saturated heterocycles. The Hall–Kier alpha value is -2.47. The fraction of sp³-hybridized carbons (Fsp3) is 0.278. The second kappa shape index (κ2) is 6.97. The summed E-state index contributed by atoms with van der Waals surface area (Å²) in [5, 5.41) is 4.72. The molecule has 1 aromatic carbocycles. The van der Waals surface area contributed by atoms with Crippen LogP contribution < -0.4 is 5.32 Å². The van der Waals surface area contributed by atoms with Gasteiger partial charge in [-0.05, 0) is 48.6 Å². The van der Waals surface area contributed by atoms with Crippen molar-refractivity contribution in [3.63, 3.8) is 0 Å². The molecule has 0 fully saturated rings. The van der Waals surface area contributed by atoms with Crippen LogP contribution in [0.1, 0.15) is 40.1 Å². The number of hydrogen-bond donors (Lipinski definition) is 1. The van der Waals surface area contributed by atoms with Crippen LogP contribution in [-0.2, 0) is 20.7 Å². The first-order valence-corrected chi connectivity index (χ1v) is 8.58. The predicted molar refractivity (Wildman–Crippen MR) is 91.4 cm³/mol. The smallest absolute Gasteiger partial charge is 0.306 e. The van der Waals surface area contributed by atoms with Gasteiger partial charge in [0.15, 0.2) is 12.4 Å². The van der Waals surface area contributed by atoms with Crippen molar-refractivity contribution in [3.8, 4) is 0 Å². The fourth-order valence-corrected chi connectivity index (χ4v) is 3.28. The molecule has 1 aromatic heterocycles. The average molecular weight is 343 g/mol. The number of esters is 1. The number of rotatable bonds is 6. The lowest BCUT2D eigenvalue weighted by Crippen LogP contribution is -2.14. The summed E-state index contributed by atoms with van der Waals surface area (Å²) in [6.45, 7) is 1.51. The van der Waals surface area contributed by atoms with E-state index in [0.29, 0.717) is 12.0 Å². The molecule has 2 heterocycles. The first-order chi connectivity index (χ1) is 11.5. The highest BCUT2D eigenvalue weighted by Gasteiger charge is 2.27. The quantitative estimate of drug-likeness (QED) is 0.646. The lowest BCUT2D eigenvalue weighted by molar-refractivity contribution is -0.142. The van der Waals surface area contributed by atoms with Crippen molar-refractivity contribution in [1.82, 2.24) is 0 Å². The van der Waals surface area contributed by atoms with Gasteiger partial charge in [-0.1, -0.05) is 6.07 Å². The van der Waals surface area contributed by atoms with Crippen molar-refractivity contribution < 1.29 is 19.1 Å². The number of aryl methyl sites for hydroxylation is 1. The third-order valence-electron chi connectivity index (χ3n) is 4.01. The van der Waals surface area contributed by atoms with E-state index in [1.165, 1.54) is 0 Å². The number of ketones is 1. The van der Waals surface area contributed by atoms with Gasteiger partial charge in [-0.15, -0.1) is 11.3 Å². The van der Waals surface area contributed by atoms with E-state index in [-0.39, 0.29) is 36.6 Å². The minimum Gasteiger partial charge on any atom is -0.457 e. The zero-order chi connectivity index (χ0) is 17.1. The van der Waals surface area contributed by atoms with Crippen molar-refractivity contribution in [2.75, 3.05) is 11.9 Å². The first-order valence-electron chi connectivity index (χ1n) is 7.70. The van der Waals surface area contributed by atoms with Crippen molar-refractivity contribution in [3.05, 3.63) is 51.7 Å². The molecule has 1 N–H and O–H groups in total. The van der Waals surface area contributed by atoms with Gasteiger partial charge >= 0.3 is 5.97 Å². The molecule has 0 aliphatic carbocycles. The molecule has 0 bridgehead atoms. The lowest BCUT2D eigenvalue weighted by atomic mass is 9.99. The summed E-state index contributed by atoms with van der Waals surface area (Å²) in [7, 11) is 0. The summed E-state index contributed by atoms with van der Waals surface area (Å²) >= 11 is 1.59. The van der Waals surface area contributed by atoms with Gasteiger partial charge in [-0.25, -0.2) is 0 Å². The maximum absolute atomic E-state index is 12.2.